The van der Waals surface area contributed by atoms with Gasteiger partial charge in [0.2, 0.25) is 5.91 Å². The Morgan fingerprint density at radius 2 is 2.03 bits per heavy atom. The van der Waals surface area contributed by atoms with E-state index in [4.69, 9.17) is 0 Å². The number of rotatable bonds is 3. The van der Waals surface area contributed by atoms with E-state index in [-0.39, 0.29) is 21.9 Å². The van der Waals surface area contributed by atoms with Gasteiger partial charge in [-0.05, 0) is 42.9 Å². The van der Waals surface area contributed by atoms with Crippen LogP contribution in [-0.4, -0.2) is 15.2 Å². The molecule has 1 N–H and O–H groups in total. The van der Waals surface area contributed by atoms with Crippen LogP contribution in [0, 0.1) is 11.8 Å². The molecule has 4 rings (SSSR count). The molecule has 0 bridgehead atoms. The summed E-state index contributed by atoms with van der Waals surface area (Å²) in [7, 11) is 0. The molecule has 1 aromatic carbocycles. The molecule has 1 aromatic heterocycles. The zero-order valence-electron chi connectivity index (χ0n) is 17.6. The third-order valence-corrected chi connectivity index (χ3v) is 9.05. The van der Waals surface area contributed by atoms with Crippen molar-refractivity contribution >= 4 is 34.7 Å². The van der Waals surface area contributed by atoms with E-state index in [1.54, 1.807) is 11.8 Å². The van der Waals surface area contributed by atoms with Gasteiger partial charge in [-0.3, -0.25) is 14.2 Å². The van der Waals surface area contributed by atoms with Gasteiger partial charge < -0.3 is 5.32 Å². The first-order chi connectivity index (χ1) is 14.5. The number of nitrogens with zero attached hydrogens (tertiary/aromatic N) is 1. The highest BCUT2D eigenvalue weighted by molar-refractivity contribution is 8.00. The molecule has 0 radical (unpaired) electrons. The number of aromatic nitrogens is 1. The second-order valence-corrected chi connectivity index (χ2v) is 11.7. The minimum atomic E-state index is -4.49. The van der Waals surface area contributed by atoms with Crippen molar-refractivity contribution in [2.45, 2.75) is 68.4 Å². The number of benzene rings is 1. The number of thiazole rings is 1. The molecule has 1 aliphatic carbocycles. The lowest BCUT2D eigenvalue weighted by atomic mass is 9.69. The van der Waals surface area contributed by atoms with E-state index in [2.05, 4.69) is 26.1 Å². The first-order valence-electron chi connectivity index (χ1n) is 10.4. The average molecular weight is 471 g/mol. The van der Waals surface area contributed by atoms with Crippen LogP contribution < -0.4 is 10.2 Å². The van der Waals surface area contributed by atoms with Crippen molar-refractivity contribution in [1.29, 1.82) is 0 Å². The number of carbonyl (C=O) groups is 1. The first kappa shape index (κ1) is 22.5. The molecule has 168 valence electrons. The molecule has 2 aromatic rings. The summed E-state index contributed by atoms with van der Waals surface area (Å²) in [4.78, 5) is 26.3. The fraction of sp³-hybridized carbons (Fsp3) is 0.545. The summed E-state index contributed by atoms with van der Waals surface area (Å²) in [5.74, 6) is 0.898. The van der Waals surface area contributed by atoms with Crippen LogP contribution in [0.3, 0.4) is 0 Å². The number of halogens is 3. The van der Waals surface area contributed by atoms with Gasteiger partial charge in [0.15, 0.2) is 0 Å². The summed E-state index contributed by atoms with van der Waals surface area (Å²) >= 11 is 2.86. The number of hydrogen-bond donors (Lipinski definition) is 1. The molecule has 9 heteroatoms. The smallest absolute Gasteiger partial charge is 0.325 e. The molecule has 1 saturated carbocycles. The third kappa shape index (κ3) is 4.44. The van der Waals surface area contributed by atoms with Crippen LogP contribution in [0.2, 0.25) is 0 Å². The van der Waals surface area contributed by atoms with Gasteiger partial charge in [-0.1, -0.05) is 44.6 Å². The van der Waals surface area contributed by atoms with Crippen LogP contribution in [-0.2, 0) is 17.5 Å². The molecule has 2 heterocycles. The van der Waals surface area contributed by atoms with Crippen molar-refractivity contribution < 1.29 is 18.0 Å². The summed E-state index contributed by atoms with van der Waals surface area (Å²) in [6.45, 7) is 6.43. The number of anilines is 1. The minimum Gasteiger partial charge on any atom is -0.325 e. The monoisotopic (exact) mass is 470 g/mol. The molecule has 1 aliphatic heterocycles. The third-order valence-electron chi connectivity index (χ3n) is 6.35. The summed E-state index contributed by atoms with van der Waals surface area (Å²) in [6, 6.07) is 4.51. The van der Waals surface area contributed by atoms with Gasteiger partial charge in [0.05, 0.1) is 10.6 Å². The highest BCUT2D eigenvalue weighted by Gasteiger charge is 2.47. The summed E-state index contributed by atoms with van der Waals surface area (Å²) < 4.78 is 40.2. The molecular weight excluding hydrogens is 445 g/mol. The van der Waals surface area contributed by atoms with Gasteiger partial charge in [0, 0.05) is 21.2 Å². The molecule has 0 saturated heterocycles. The van der Waals surface area contributed by atoms with Gasteiger partial charge in [-0.15, -0.1) is 11.8 Å². The SMILES string of the molecule is C[C@@H]1CC[C@@H]2[C@@H](C1)c1sc(=O)n(CC(=O)Nc3cccc(C(F)(F)F)c3)c1SC2(C)C. The molecule has 31 heavy (non-hydrogen) atoms. The number of alkyl halides is 3. The maximum absolute atomic E-state index is 12.9. The van der Waals surface area contributed by atoms with Gasteiger partial charge in [0.25, 0.3) is 0 Å². The highest BCUT2D eigenvalue weighted by atomic mass is 32.2. The van der Waals surface area contributed by atoms with Crippen molar-refractivity contribution in [3.05, 3.63) is 44.4 Å². The number of thioether (sulfide) groups is 1. The maximum Gasteiger partial charge on any atom is 0.416 e. The first-order valence-corrected chi connectivity index (χ1v) is 12.0. The molecule has 4 nitrogen and oxygen atoms in total. The van der Waals surface area contributed by atoms with Gasteiger partial charge in [0.1, 0.15) is 6.54 Å². The zero-order chi connectivity index (χ0) is 22.6. The molecule has 0 unspecified atom stereocenters. The van der Waals surface area contributed by atoms with Crippen LogP contribution in [0.25, 0.3) is 0 Å². The Bertz CT molecular complexity index is 1060. The Balaban J connectivity index is 1.58. The number of carbonyl (C=O) groups excluding carboxylic acids is 1. The van der Waals surface area contributed by atoms with E-state index in [1.807, 2.05) is 0 Å². The lowest BCUT2D eigenvalue weighted by Gasteiger charge is -2.47. The van der Waals surface area contributed by atoms with Gasteiger partial charge in [-0.2, -0.15) is 13.2 Å². The Labute approximate surface area is 187 Å². The van der Waals surface area contributed by atoms with Crippen LogP contribution >= 0.6 is 23.1 Å². The Morgan fingerprint density at radius 3 is 2.74 bits per heavy atom. The second-order valence-electron chi connectivity index (χ2n) is 9.09. The van der Waals surface area contributed by atoms with Gasteiger partial charge in [-0.25, -0.2) is 0 Å². The van der Waals surface area contributed by atoms with E-state index in [9.17, 15) is 22.8 Å². The van der Waals surface area contributed by atoms with Crippen LogP contribution in [0.15, 0.2) is 34.1 Å². The molecule has 1 fully saturated rings. The number of fused-ring (bicyclic) bond motifs is 3. The predicted octanol–water partition coefficient (Wildman–Crippen LogP) is 5.97. The molecule has 1 amide bonds. The normalized spacial score (nSPS) is 24.9. The van der Waals surface area contributed by atoms with E-state index < -0.39 is 17.6 Å². The number of nitrogens with one attached hydrogen (secondary N) is 1. The van der Waals surface area contributed by atoms with Crippen molar-refractivity contribution in [3.8, 4) is 0 Å². The molecule has 3 atom stereocenters. The second kappa shape index (κ2) is 7.99. The van der Waals surface area contributed by atoms with Crippen molar-refractivity contribution in [2.75, 3.05) is 5.32 Å². The van der Waals surface area contributed by atoms with Crippen molar-refractivity contribution in [3.63, 3.8) is 0 Å². The number of amides is 1. The Kier molecular flexibility index (Phi) is 5.79. The van der Waals surface area contributed by atoms with Crippen LogP contribution in [0.1, 0.15) is 56.4 Å². The Morgan fingerprint density at radius 1 is 1.29 bits per heavy atom. The van der Waals surface area contributed by atoms with Crippen molar-refractivity contribution in [2.24, 2.45) is 11.8 Å². The molecule has 0 spiro atoms. The molecular formula is C22H25F3N2O2S2. The quantitative estimate of drug-likeness (QED) is 0.601. The van der Waals surface area contributed by atoms with E-state index in [1.165, 1.54) is 34.5 Å². The largest absolute Gasteiger partial charge is 0.416 e. The summed E-state index contributed by atoms with van der Waals surface area (Å²) in [5, 5.41) is 3.35. The summed E-state index contributed by atoms with van der Waals surface area (Å²) in [5.41, 5.74) is -0.767. The fourth-order valence-electron chi connectivity index (χ4n) is 4.83. The molecule has 2 aliphatic rings. The van der Waals surface area contributed by atoms with E-state index in [0.29, 0.717) is 17.8 Å². The van der Waals surface area contributed by atoms with E-state index in [0.717, 1.165) is 34.9 Å². The fourth-order valence-corrected chi connectivity index (χ4v) is 7.64. The van der Waals surface area contributed by atoms with Gasteiger partial charge >= 0.3 is 11.0 Å². The van der Waals surface area contributed by atoms with Crippen molar-refractivity contribution in [1.82, 2.24) is 4.57 Å². The average Bonchev–Trinajstić information content (AvgIpc) is 2.96. The maximum atomic E-state index is 12.9. The van der Waals surface area contributed by atoms with Crippen LogP contribution in [0.4, 0.5) is 18.9 Å². The summed E-state index contributed by atoms with van der Waals surface area (Å²) in [6.07, 6.45) is -1.12. The lowest BCUT2D eigenvalue weighted by molar-refractivity contribution is -0.137. The van der Waals surface area contributed by atoms with Crippen LogP contribution in [0.5, 0.6) is 0 Å². The zero-order valence-corrected chi connectivity index (χ0v) is 19.2. The van der Waals surface area contributed by atoms with E-state index >= 15 is 0 Å². The number of hydrogen-bond acceptors (Lipinski definition) is 4. The lowest BCUT2D eigenvalue weighted by Crippen LogP contribution is -2.39. The Hall–Kier alpha value is -1.74. The predicted molar refractivity (Wildman–Crippen MR) is 118 cm³/mol. The topological polar surface area (TPSA) is 51.1 Å². The highest BCUT2D eigenvalue weighted by Crippen LogP contribution is 2.58. The minimum absolute atomic E-state index is 0.0510. The standard InChI is InChI=1S/C22H25F3N2O2S2/c1-12-7-8-16-15(9-12)18-19(31-21(16,2)3)27(20(29)30-18)11-17(28)26-14-6-4-5-13(10-14)22(23,24)25/h4-6,10,12,15-16H,7-9,11H2,1-3H3,(H,26,28)/t12-,15-,16-/m1/s1.